The Morgan fingerprint density at radius 1 is 1.21 bits per heavy atom. The number of amides is 1. The van der Waals surface area contributed by atoms with Crippen LogP contribution in [0.3, 0.4) is 0 Å². The summed E-state index contributed by atoms with van der Waals surface area (Å²) in [5, 5.41) is 18.4. The smallest absolute Gasteiger partial charge is 0.410 e. The first kappa shape index (κ1) is 22.5. The number of aliphatic hydroxyl groups is 1. The molecule has 3 aromatic rings. The summed E-state index contributed by atoms with van der Waals surface area (Å²) in [6.07, 6.45) is 5.64. The van der Waals surface area contributed by atoms with E-state index in [1.54, 1.807) is 11.1 Å². The molecule has 34 heavy (non-hydrogen) atoms. The van der Waals surface area contributed by atoms with Gasteiger partial charge in [0, 0.05) is 43.4 Å². The molecule has 0 bridgehead atoms. The van der Waals surface area contributed by atoms with Gasteiger partial charge in [-0.05, 0) is 52.2 Å². The number of carbonyl (C=O) groups is 1. The number of nitrogens with zero attached hydrogens (tertiary/aromatic N) is 6. The number of anilines is 1. The van der Waals surface area contributed by atoms with E-state index < -0.39 is 11.7 Å². The molecule has 0 aromatic carbocycles. The second kappa shape index (κ2) is 8.83. The Labute approximate surface area is 198 Å². The van der Waals surface area contributed by atoms with Crippen LogP contribution in [-0.4, -0.2) is 72.0 Å². The Morgan fingerprint density at radius 2 is 2.00 bits per heavy atom. The van der Waals surface area contributed by atoms with Crippen molar-refractivity contribution in [3.05, 3.63) is 36.3 Å². The zero-order chi connectivity index (χ0) is 23.9. The largest absolute Gasteiger partial charge is 0.444 e. The fourth-order valence-electron chi connectivity index (χ4n) is 4.14. The van der Waals surface area contributed by atoms with Gasteiger partial charge in [-0.15, -0.1) is 0 Å². The number of carbonyl (C=O) groups excluding carboxylic acids is 1. The predicted octanol–water partition coefficient (Wildman–Crippen LogP) is 3.09. The monoisotopic (exact) mass is 465 g/mol. The molecular formula is C24H31N7O3. The van der Waals surface area contributed by atoms with Gasteiger partial charge in [0.15, 0.2) is 5.65 Å². The molecule has 2 N–H and O–H groups in total. The van der Waals surface area contributed by atoms with Gasteiger partial charge in [0.25, 0.3) is 0 Å². The SMILES string of the molecule is CC(C)(C)OC(=O)N1CC[C@@H](CNc2nccc(-c3ccn4nc(C5CC5)cc4n3)n2)[C@H](O)C1. The first-order valence-corrected chi connectivity index (χ1v) is 11.8. The first-order valence-electron chi connectivity index (χ1n) is 11.8. The van der Waals surface area contributed by atoms with E-state index in [0.29, 0.717) is 31.4 Å². The molecule has 4 heterocycles. The number of piperidine rings is 1. The van der Waals surface area contributed by atoms with Gasteiger partial charge in [-0.1, -0.05) is 0 Å². The maximum atomic E-state index is 12.3. The quantitative estimate of drug-likeness (QED) is 0.590. The Bertz CT molecular complexity index is 1180. The molecule has 10 nitrogen and oxygen atoms in total. The van der Waals surface area contributed by atoms with Crippen LogP contribution in [0.1, 0.15) is 51.6 Å². The van der Waals surface area contributed by atoms with E-state index in [0.717, 1.165) is 22.7 Å². The average Bonchev–Trinajstić information content (AvgIpc) is 3.56. The second-order valence-electron chi connectivity index (χ2n) is 10.1. The Kier molecular flexibility index (Phi) is 5.85. The Balaban J connectivity index is 1.20. The van der Waals surface area contributed by atoms with Crippen LogP contribution in [0.2, 0.25) is 0 Å². The van der Waals surface area contributed by atoms with Gasteiger partial charge < -0.3 is 20.1 Å². The van der Waals surface area contributed by atoms with Gasteiger partial charge in [0.05, 0.1) is 29.7 Å². The second-order valence-corrected chi connectivity index (χ2v) is 10.1. The summed E-state index contributed by atoms with van der Waals surface area (Å²) < 4.78 is 7.22. The third-order valence-corrected chi connectivity index (χ3v) is 6.15. The highest BCUT2D eigenvalue weighted by Gasteiger charge is 2.32. The van der Waals surface area contributed by atoms with E-state index in [1.807, 2.05) is 49.7 Å². The van der Waals surface area contributed by atoms with Crippen LogP contribution in [0.4, 0.5) is 10.7 Å². The number of fused-ring (bicyclic) bond motifs is 1. The molecule has 2 fully saturated rings. The standard InChI is InChI=1S/C24H31N7O3/c1-24(2,3)34-23(33)30-10-7-16(20(32)14-30)13-26-22-25-9-6-17(28-22)18-8-11-31-21(27-18)12-19(29-31)15-4-5-15/h6,8-9,11-12,15-16,20,32H,4-5,7,10,13-14H2,1-3H3,(H,25,26,28)/t16-,20+/m0/s1. The molecule has 1 saturated heterocycles. The lowest BCUT2D eigenvalue weighted by atomic mass is 9.94. The number of hydrogen-bond acceptors (Lipinski definition) is 8. The topological polar surface area (TPSA) is 118 Å². The normalized spacial score (nSPS) is 21.0. The molecule has 1 aliphatic carbocycles. The summed E-state index contributed by atoms with van der Waals surface area (Å²) in [4.78, 5) is 27.5. The van der Waals surface area contributed by atoms with Gasteiger partial charge in [-0.3, -0.25) is 0 Å². The molecule has 3 aromatic heterocycles. The van der Waals surface area contributed by atoms with Crippen molar-refractivity contribution in [3.8, 4) is 11.4 Å². The van der Waals surface area contributed by atoms with E-state index in [2.05, 4.69) is 20.4 Å². The van der Waals surface area contributed by atoms with Crippen LogP contribution < -0.4 is 5.32 Å². The van der Waals surface area contributed by atoms with Crippen LogP contribution in [0, 0.1) is 5.92 Å². The highest BCUT2D eigenvalue weighted by Crippen LogP contribution is 2.39. The van der Waals surface area contributed by atoms with Crippen LogP contribution in [0.5, 0.6) is 0 Å². The van der Waals surface area contributed by atoms with Gasteiger partial charge in [-0.25, -0.2) is 24.3 Å². The van der Waals surface area contributed by atoms with Crippen molar-refractivity contribution < 1.29 is 14.6 Å². The van der Waals surface area contributed by atoms with E-state index in [4.69, 9.17) is 9.72 Å². The highest BCUT2D eigenvalue weighted by atomic mass is 16.6. The summed E-state index contributed by atoms with van der Waals surface area (Å²) in [6.45, 7) is 6.80. The molecule has 180 valence electrons. The van der Waals surface area contributed by atoms with Crippen LogP contribution in [0.15, 0.2) is 30.6 Å². The summed E-state index contributed by atoms with van der Waals surface area (Å²) in [5.41, 5.74) is 2.83. The van der Waals surface area contributed by atoms with Gasteiger partial charge in [0.1, 0.15) is 5.60 Å². The molecule has 0 spiro atoms. The van der Waals surface area contributed by atoms with Gasteiger partial charge in [0.2, 0.25) is 5.95 Å². The first-order chi connectivity index (χ1) is 16.2. The van der Waals surface area contributed by atoms with Gasteiger partial charge in [-0.2, -0.15) is 5.10 Å². The molecule has 2 aliphatic rings. The Hall–Kier alpha value is -3.27. The van der Waals surface area contributed by atoms with Crippen molar-refractivity contribution >= 4 is 17.7 Å². The zero-order valence-corrected chi connectivity index (χ0v) is 19.8. The number of hydrogen-bond donors (Lipinski definition) is 2. The van der Waals surface area contributed by atoms with Gasteiger partial charge >= 0.3 is 6.09 Å². The molecular weight excluding hydrogens is 434 g/mol. The third kappa shape index (κ3) is 5.11. The molecule has 10 heteroatoms. The van der Waals surface area contributed by atoms with E-state index in [9.17, 15) is 9.90 Å². The van der Waals surface area contributed by atoms with E-state index in [-0.39, 0.29) is 18.6 Å². The molecule has 1 amide bonds. The number of rotatable bonds is 5. The number of likely N-dealkylation sites (tertiary alicyclic amines) is 1. The lowest BCUT2D eigenvalue weighted by Gasteiger charge is -2.36. The Morgan fingerprint density at radius 3 is 2.74 bits per heavy atom. The molecule has 2 atom stereocenters. The molecule has 1 saturated carbocycles. The number of ether oxygens (including phenoxy) is 1. The van der Waals surface area contributed by atoms with Crippen LogP contribution >= 0.6 is 0 Å². The average molecular weight is 466 g/mol. The number of aliphatic hydroxyl groups excluding tert-OH is 1. The number of aromatic nitrogens is 5. The summed E-state index contributed by atoms with van der Waals surface area (Å²) >= 11 is 0. The van der Waals surface area contributed by atoms with Crippen molar-refractivity contribution in [1.29, 1.82) is 0 Å². The molecule has 0 radical (unpaired) electrons. The van der Waals surface area contributed by atoms with Crippen LogP contribution in [-0.2, 0) is 4.74 Å². The lowest BCUT2D eigenvalue weighted by Crippen LogP contribution is -2.49. The lowest BCUT2D eigenvalue weighted by molar-refractivity contribution is -0.0104. The third-order valence-electron chi connectivity index (χ3n) is 6.15. The minimum absolute atomic E-state index is 0.0203. The van der Waals surface area contributed by atoms with Crippen molar-refractivity contribution in [1.82, 2.24) is 29.5 Å². The minimum Gasteiger partial charge on any atom is -0.444 e. The zero-order valence-electron chi connectivity index (χ0n) is 19.8. The summed E-state index contributed by atoms with van der Waals surface area (Å²) in [6, 6.07) is 5.78. The van der Waals surface area contributed by atoms with Crippen molar-refractivity contribution in [2.24, 2.45) is 5.92 Å². The molecule has 0 unspecified atom stereocenters. The number of β-amino-alcohol motifs (C(OH)–C–C–N with tert-alkyl or cyclic N) is 1. The number of nitrogens with one attached hydrogen (secondary N) is 1. The minimum atomic E-state index is -0.649. The van der Waals surface area contributed by atoms with Crippen LogP contribution in [0.25, 0.3) is 17.0 Å². The van der Waals surface area contributed by atoms with Crippen molar-refractivity contribution in [3.63, 3.8) is 0 Å². The van der Waals surface area contributed by atoms with Crippen molar-refractivity contribution in [2.45, 2.75) is 57.7 Å². The highest BCUT2D eigenvalue weighted by molar-refractivity contribution is 5.68. The van der Waals surface area contributed by atoms with Crippen molar-refractivity contribution in [2.75, 3.05) is 25.0 Å². The molecule has 1 aliphatic heterocycles. The fraction of sp³-hybridized carbons (Fsp3) is 0.542. The maximum Gasteiger partial charge on any atom is 0.410 e. The summed E-state index contributed by atoms with van der Waals surface area (Å²) in [5.74, 6) is 1.03. The van der Waals surface area contributed by atoms with E-state index >= 15 is 0 Å². The molecule has 5 rings (SSSR count). The van der Waals surface area contributed by atoms with E-state index in [1.165, 1.54) is 12.8 Å². The summed E-state index contributed by atoms with van der Waals surface area (Å²) in [7, 11) is 0. The maximum absolute atomic E-state index is 12.3. The predicted molar refractivity (Wildman–Crippen MR) is 126 cm³/mol. The fourth-order valence-corrected chi connectivity index (χ4v) is 4.14.